The van der Waals surface area contributed by atoms with E-state index in [0.29, 0.717) is 0 Å². The second-order valence-electron chi connectivity index (χ2n) is 5.03. The van der Waals surface area contributed by atoms with Crippen LogP contribution in [0.25, 0.3) is 10.8 Å². The van der Waals surface area contributed by atoms with Crippen molar-refractivity contribution in [1.29, 1.82) is 0 Å². The Morgan fingerprint density at radius 2 is 2.00 bits per heavy atom. The van der Waals surface area contributed by atoms with Crippen molar-refractivity contribution in [2.24, 2.45) is 0 Å². The second kappa shape index (κ2) is 7.11. The number of allylic oxidation sites excluding steroid dienone is 1. The molecule has 0 bridgehead atoms. The van der Waals surface area contributed by atoms with E-state index >= 15 is 0 Å². The highest BCUT2D eigenvalue weighted by atomic mass is 16.5. The SMILES string of the molecule is C=CCCC(O)CCc1c(OC)ccc2ccccc12. The number of fused-ring (bicyclic) bond motifs is 1. The van der Waals surface area contributed by atoms with E-state index in [2.05, 4.69) is 24.8 Å². The van der Waals surface area contributed by atoms with Crippen LogP contribution in [0.3, 0.4) is 0 Å². The van der Waals surface area contributed by atoms with Gasteiger partial charge < -0.3 is 9.84 Å². The molecule has 0 aliphatic heterocycles. The number of aryl methyl sites for hydroxylation is 1. The highest BCUT2D eigenvalue weighted by Gasteiger charge is 2.10. The molecule has 0 saturated heterocycles. The van der Waals surface area contributed by atoms with Gasteiger partial charge in [0.05, 0.1) is 13.2 Å². The van der Waals surface area contributed by atoms with Gasteiger partial charge in [0, 0.05) is 5.56 Å². The Morgan fingerprint density at radius 1 is 1.20 bits per heavy atom. The van der Waals surface area contributed by atoms with Crippen LogP contribution in [-0.2, 0) is 6.42 Å². The van der Waals surface area contributed by atoms with Crippen LogP contribution in [0, 0.1) is 0 Å². The van der Waals surface area contributed by atoms with Crippen molar-refractivity contribution in [2.45, 2.75) is 31.8 Å². The predicted octanol–water partition coefficient (Wildman–Crippen LogP) is 4.11. The van der Waals surface area contributed by atoms with Crippen LogP contribution in [0.4, 0.5) is 0 Å². The monoisotopic (exact) mass is 270 g/mol. The number of methoxy groups -OCH3 is 1. The van der Waals surface area contributed by atoms with Gasteiger partial charge in [0.25, 0.3) is 0 Å². The van der Waals surface area contributed by atoms with E-state index in [1.165, 1.54) is 16.3 Å². The molecular formula is C18H22O2. The first-order chi connectivity index (χ1) is 9.76. The van der Waals surface area contributed by atoms with Crippen LogP contribution in [0.2, 0.25) is 0 Å². The average Bonchev–Trinajstić information content (AvgIpc) is 2.50. The first kappa shape index (κ1) is 14.6. The summed E-state index contributed by atoms with van der Waals surface area (Å²) in [6, 6.07) is 12.4. The lowest BCUT2D eigenvalue weighted by molar-refractivity contribution is 0.156. The summed E-state index contributed by atoms with van der Waals surface area (Å²) in [7, 11) is 1.70. The molecule has 2 aromatic rings. The fourth-order valence-corrected chi connectivity index (χ4v) is 2.53. The molecule has 0 heterocycles. The lowest BCUT2D eigenvalue weighted by atomic mass is 9.97. The minimum absolute atomic E-state index is 0.281. The molecule has 0 radical (unpaired) electrons. The normalized spacial score (nSPS) is 12.3. The van der Waals surface area contributed by atoms with Crippen LogP contribution in [0.15, 0.2) is 49.1 Å². The number of benzene rings is 2. The molecule has 0 aliphatic rings. The molecule has 2 heteroatoms. The highest BCUT2D eigenvalue weighted by molar-refractivity contribution is 5.87. The molecule has 0 fully saturated rings. The summed E-state index contributed by atoms with van der Waals surface area (Å²) in [4.78, 5) is 0. The summed E-state index contributed by atoms with van der Waals surface area (Å²) in [6.07, 6.45) is 4.77. The quantitative estimate of drug-likeness (QED) is 0.767. The number of aliphatic hydroxyl groups excluding tert-OH is 1. The van der Waals surface area contributed by atoms with Gasteiger partial charge in [-0.05, 0) is 42.5 Å². The molecule has 20 heavy (non-hydrogen) atoms. The maximum absolute atomic E-state index is 9.99. The van der Waals surface area contributed by atoms with Gasteiger partial charge in [0.15, 0.2) is 0 Å². The molecule has 0 spiro atoms. The van der Waals surface area contributed by atoms with Gasteiger partial charge in [0.2, 0.25) is 0 Å². The Kier molecular flexibility index (Phi) is 5.19. The van der Waals surface area contributed by atoms with Crippen LogP contribution in [0.1, 0.15) is 24.8 Å². The Morgan fingerprint density at radius 3 is 2.75 bits per heavy atom. The van der Waals surface area contributed by atoms with Crippen molar-refractivity contribution in [2.75, 3.05) is 7.11 Å². The van der Waals surface area contributed by atoms with Crippen molar-refractivity contribution in [1.82, 2.24) is 0 Å². The third-order valence-electron chi connectivity index (χ3n) is 3.65. The van der Waals surface area contributed by atoms with Gasteiger partial charge in [-0.1, -0.05) is 36.4 Å². The van der Waals surface area contributed by atoms with Crippen LogP contribution < -0.4 is 4.74 Å². The lowest BCUT2D eigenvalue weighted by Gasteiger charge is -2.14. The molecule has 0 amide bonds. The standard InChI is InChI=1S/C18H22O2/c1-3-4-8-15(19)11-12-17-16-9-6-5-7-14(16)10-13-18(17)20-2/h3,5-7,9-10,13,15,19H,1,4,8,11-12H2,2H3. The third kappa shape index (κ3) is 3.40. The number of hydrogen-bond acceptors (Lipinski definition) is 2. The molecule has 106 valence electrons. The van der Waals surface area contributed by atoms with Crippen molar-refractivity contribution in [3.63, 3.8) is 0 Å². The zero-order chi connectivity index (χ0) is 14.4. The second-order valence-corrected chi connectivity index (χ2v) is 5.03. The molecule has 0 aromatic heterocycles. The van der Waals surface area contributed by atoms with Crippen molar-refractivity contribution in [3.05, 3.63) is 54.6 Å². The summed E-state index contributed by atoms with van der Waals surface area (Å²) in [5, 5.41) is 12.4. The maximum Gasteiger partial charge on any atom is 0.122 e. The first-order valence-electron chi connectivity index (χ1n) is 7.10. The molecule has 1 N–H and O–H groups in total. The fraction of sp³-hybridized carbons (Fsp3) is 0.333. The van der Waals surface area contributed by atoms with Gasteiger partial charge in [-0.15, -0.1) is 6.58 Å². The smallest absolute Gasteiger partial charge is 0.122 e. The van der Waals surface area contributed by atoms with Crippen molar-refractivity contribution < 1.29 is 9.84 Å². The van der Waals surface area contributed by atoms with E-state index in [-0.39, 0.29) is 6.10 Å². The molecule has 1 unspecified atom stereocenters. The predicted molar refractivity (Wildman–Crippen MR) is 84.3 cm³/mol. The van der Waals surface area contributed by atoms with Gasteiger partial charge in [-0.3, -0.25) is 0 Å². The number of rotatable bonds is 7. The maximum atomic E-state index is 9.99. The molecular weight excluding hydrogens is 248 g/mol. The number of hydrogen-bond donors (Lipinski definition) is 1. The largest absolute Gasteiger partial charge is 0.496 e. The Balaban J connectivity index is 2.20. The summed E-state index contributed by atoms with van der Waals surface area (Å²) in [5.41, 5.74) is 1.18. The summed E-state index contributed by atoms with van der Waals surface area (Å²) < 4.78 is 5.47. The first-order valence-corrected chi connectivity index (χ1v) is 7.10. The van der Waals surface area contributed by atoms with E-state index in [4.69, 9.17) is 4.74 Å². The summed E-state index contributed by atoms with van der Waals surface area (Å²) in [6.45, 7) is 3.69. The lowest BCUT2D eigenvalue weighted by Crippen LogP contribution is -2.08. The summed E-state index contributed by atoms with van der Waals surface area (Å²) >= 11 is 0. The van der Waals surface area contributed by atoms with Gasteiger partial charge >= 0.3 is 0 Å². The van der Waals surface area contributed by atoms with Crippen LogP contribution in [-0.4, -0.2) is 18.3 Å². The van der Waals surface area contributed by atoms with Gasteiger partial charge in [0.1, 0.15) is 5.75 Å². The van der Waals surface area contributed by atoms with Crippen molar-refractivity contribution in [3.8, 4) is 5.75 Å². The minimum atomic E-state index is -0.281. The molecule has 0 saturated carbocycles. The Labute approximate surface area is 120 Å². The van der Waals surface area contributed by atoms with Gasteiger partial charge in [-0.2, -0.15) is 0 Å². The molecule has 1 atom stereocenters. The summed E-state index contributed by atoms with van der Waals surface area (Å²) in [5.74, 6) is 0.902. The van der Waals surface area contributed by atoms with E-state index in [9.17, 15) is 5.11 Å². The number of ether oxygens (including phenoxy) is 1. The molecule has 0 aliphatic carbocycles. The van der Waals surface area contributed by atoms with Crippen LogP contribution in [0.5, 0.6) is 5.75 Å². The Bertz CT molecular complexity index is 575. The van der Waals surface area contributed by atoms with E-state index in [1.54, 1.807) is 7.11 Å². The minimum Gasteiger partial charge on any atom is -0.496 e. The fourth-order valence-electron chi connectivity index (χ4n) is 2.53. The van der Waals surface area contributed by atoms with E-state index in [0.717, 1.165) is 31.4 Å². The van der Waals surface area contributed by atoms with Gasteiger partial charge in [-0.25, -0.2) is 0 Å². The van der Waals surface area contributed by atoms with Crippen LogP contribution >= 0.6 is 0 Å². The Hall–Kier alpha value is -1.80. The van der Waals surface area contributed by atoms with E-state index in [1.807, 2.05) is 24.3 Å². The van der Waals surface area contributed by atoms with E-state index < -0.39 is 0 Å². The molecule has 2 aromatic carbocycles. The number of aliphatic hydroxyl groups is 1. The van der Waals surface area contributed by atoms with Crippen molar-refractivity contribution >= 4 is 10.8 Å². The topological polar surface area (TPSA) is 29.5 Å². The average molecular weight is 270 g/mol. The third-order valence-corrected chi connectivity index (χ3v) is 3.65. The zero-order valence-corrected chi connectivity index (χ0v) is 12.0. The highest BCUT2D eigenvalue weighted by Crippen LogP contribution is 2.29. The molecule has 2 nitrogen and oxygen atoms in total. The molecule has 2 rings (SSSR count). The zero-order valence-electron chi connectivity index (χ0n) is 12.0.